The molecule has 1 N–H and O–H groups in total. The predicted octanol–water partition coefficient (Wildman–Crippen LogP) is 2.59. The Balaban J connectivity index is 1.79. The van der Waals surface area contributed by atoms with Crippen LogP contribution in [0.5, 0.6) is 5.75 Å². The van der Waals surface area contributed by atoms with Crippen LogP contribution in [0, 0.1) is 11.6 Å². The van der Waals surface area contributed by atoms with Gasteiger partial charge in [0.1, 0.15) is 18.6 Å². The van der Waals surface area contributed by atoms with Crippen molar-refractivity contribution in [3.8, 4) is 5.75 Å². The van der Waals surface area contributed by atoms with Crippen LogP contribution in [-0.2, 0) is 0 Å². The number of hydrogen-bond acceptors (Lipinski definition) is 3. The minimum absolute atomic E-state index is 0.114. The highest BCUT2D eigenvalue weighted by Gasteiger charge is 2.06. The Labute approximate surface area is 125 Å². The fourth-order valence-corrected chi connectivity index (χ4v) is 1.72. The molecule has 0 aliphatic carbocycles. The topological polar surface area (TPSA) is 55.4 Å². The van der Waals surface area contributed by atoms with Gasteiger partial charge >= 0.3 is 0 Å². The fraction of sp³-hybridized carbons (Fsp3) is 0.125. The molecule has 0 unspecified atom stereocenters. The number of amides is 1. The number of rotatable bonds is 6. The number of carbonyl (C=O) groups excluding carboxylic acids is 2. The van der Waals surface area contributed by atoms with Crippen LogP contribution in [0.2, 0.25) is 0 Å². The van der Waals surface area contributed by atoms with Gasteiger partial charge in [-0.3, -0.25) is 9.59 Å². The van der Waals surface area contributed by atoms with Crippen molar-refractivity contribution in [3.05, 3.63) is 65.2 Å². The number of carbonyl (C=O) groups is 2. The lowest BCUT2D eigenvalue weighted by Gasteiger charge is -2.08. The molecule has 1 amide bonds. The summed E-state index contributed by atoms with van der Waals surface area (Å²) >= 11 is 0. The molecule has 0 aliphatic heterocycles. The summed E-state index contributed by atoms with van der Waals surface area (Å²) in [6.07, 6.45) is 0.692. The van der Waals surface area contributed by atoms with E-state index in [-0.39, 0.29) is 24.8 Å². The molecule has 0 atom stereocenters. The first-order valence-electron chi connectivity index (χ1n) is 6.51. The van der Waals surface area contributed by atoms with Gasteiger partial charge in [0.2, 0.25) is 0 Å². The second kappa shape index (κ2) is 7.31. The number of nitrogens with one attached hydrogen (secondary N) is 1. The lowest BCUT2D eigenvalue weighted by atomic mass is 10.1. The van der Waals surface area contributed by atoms with Crippen molar-refractivity contribution < 1.29 is 23.1 Å². The Kier molecular flexibility index (Phi) is 5.19. The highest BCUT2D eigenvalue weighted by atomic mass is 19.2. The van der Waals surface area contributed by atoms with E-state index in [1.807, 2.05) is 0 Å². The number of benzene rings is 2. The molecule has 114 valence electrons. The van der Waals surface area contributed by atoms with E-state index < -0.39 is 11.6 Å². The molecule has 0 saturated heterocycles. The van der Waals surface area contributed by atoms with Gasteiger partial charge in [0, 0.05) is 17.2 Å². The SMILES string of the molecule is O=Cc1ccc(C(=O)NCCOc2ccc(F)c(F)c2)cc1. The smallest absolute Gasteiger partial charge is 0.251 e. The zero-order chi connectivity index (χ0) is 15.9. The summed E-state index contributed by atoms with van der Waals surface area (Å²) in [5, 5.41) is 2.61. The average molecular weight is 305 g/mol. The van der Waals surface area contributed by atoms with Crippen molar-refractivity contribution in [3.63, 3.8) is 0 Å². The summed E-state index contributed by atoms with van der Waals surface area (Å²) in [5.41, 5.74) is 0.900. The molecule has 0 bridgehead atoms. The minimum atomic E-state index is -0.989. The van der Waals surface area contributed by atoms with E-state index in [0.717, 1.165) is 12.1 Å². The lowest BCUT2D eigenvalue weighted by Crippen LogP contribution is -2.28. The third kappa shape index (κ3) is 4.12. The van der Waals surface area contributed by atoms with Crippen LogP contribution in [-0.4, -0.2) is 25.3 Å². The number of halogens is 2. The van der Waals surface area contributed by atoms with Crippen LogP contribution in [0.4, 0.5) is 8.78 Å². The number of aldehydes is 1. The van der Waals surface area contributed by atoms with E-state index >= 15 is 0 Å². The maximum atomic E-state index is 13.0. The monoisotopic (exact) mass is 305 g/mol. The third-order valence-electron chi connectivity index (χ3n) is 2.86. The Hall–Kier alpha value is -2.76. The largest absolute Gasteiger partial charge is 0.492 e. The van der Waals surface area contributed by atoms with Gasteiger partial charge < -0.3 is 10.1 Å². The first-order chi connectivity index (χ1) is 10.6. The van der Waals surface area contributed by atoms with Gasteiger partial charge in [-0.25, -0.2) is 8.78 Å². The first-order valence-corrected chi connectivity index (χ1v) is 6.51. The van der Waals surface area contributed by atoms with Crippen molar-refractivity contribution in [1.29, 1.82) is 0 Å². The van der Waals surface area contributed by atoms with Gasteiger partial charge in [0.15, 0.2) is 11.6 Å². The highest BCUT2D eigenvalue weighted by molar-refractivity contribution is 5.94. The summed E-state index contributed by atoms with van der Waals surface area (Å²) < 4.78 is 30.9. The summed E-state index contributed by atoms with van der Waals surface area (Å²) in [6, 6.07) is 9.37. The van der Waals surface area contributed by atoms with Crippen molar-refractivity contribution in [2.45, 2.75) is 0 Å². The molecule has 0 aliphatic rings. The van der Waals surface area contributed by atoms with Gasteiger partial charge in [-0.2, -0.15) is 0 Å². The van der Waals surface area contributed by atoms with E-state index in [1.165, 1.54) is 18.2 Å². The molecule has 0 saturated carbocycles. The standard InChI is InChI=1S/C16H13F2NO3/c17-14-6-5-13(9-15(14)18)22-8-7-19-16(21)12-3-1-11(10-20)2-4-12/h1-6,9-10H,7-8H2,(H,19,21). The second-order valence-corrected chi connectivity index (χ2v) is 4.42. The first kappa shape index (κ1) is 15.6. The molecule has 0 radical (unpaired) electrons. The molecular weight excluding hydrogens is 292 g/mol. The van der Waals surface area contributed by atoms with Crippen LogP contribution in [0.15, 0.2) is 42.5 Å². The molecule has 0 heterocycles. The molecule has 4 nitrogen and oxygen atoms in total. The van der Waals surface area contributed by atoms with Gasteiger partial charge in [-0.05, 0) is 24.3 Å². The number of hydrogen-bond donors (Lipinski definition) is 1. The zero-order valence-corrected chi connectivity index (χ0v) is 11.5. The Morgan fingerprint density at radius 3 is 2.45 bits per heavy atom. The third-order valence-corrected chi connectivity index (χ3v) is 2.86. The van der Waals surface area contributed by atoms with E-state index in [9.17, 15) is 18.4 Å². The normalized spacial score (nSPS) is 10.1. The fourth-order valence-electron chi connectivity index (χ4n) is 1.72. The zero-order valence-electron chi connectivity index (χ0n) is 11.5. The van der Waals surface area contributed by atoms with Crippen molar-refractivity contribution in [2.75, 3.05) is 13.2 Å². The molecule has 0 fully saturated rings. The van der Waals surface area contributed by atoms with Crippen LogP contribution in [0.3, 0.4) is 0 Å². The van der Waals surface area contributed by atoms with Crippen LogP contribution in [0.25, 0.3) is 0 Å². The van der Waals surface area contributed by atoms with Gasteiger partial charge in [0.25, 0.3) is 5.91 Å². The molecule has 6 heteroatoms. The van der Waals surface area contributed by atoms with E-state index in [0.29, 0.717) is 17.4 Å². The predicted molar refractivity (Wildman–Crippen MR) is 76.0 cm³/mol. The second-order valence-electron chi connectivity index (χ2n) is 4.42. The Morgan fingerprint density at radius 2 is 1.82 bits per heavy atom. The molecule has 2 rings (SSSR count). The molecule has 22 heavy (non-hydrogen) atoms. The maximum absolute atomic E-state index is 13.0. The minimum Gasteiger partial charge on any atom is -0.492 e. The van der Waals surface area contributed by atoms with Gasteiger partial charge in [-0.1, -0.05) is 12.1 Å². The molecule has 0 spiro atoms. The lowest BCUT2D eigenvalue weighted by molar-refractivity contribution is 0.0946. The van der Waals surface area contributed by atoms with Crippen LogP contribution < -0.4 is 10.1 Å². The van der Waals surface area contributed by atoms with Gasteiger partial charge in [-0.15, -0.1) is 0 Å². The van der Waals surface area contributed by atoms with Crippen LogP contribution in [0.1, 0.15) is 20.7 Å². The van der Waals surface area contributed by atoms with Crippen molar-refractivity contribution in [1.82, 2.24) is 5.32 Å². The van der Waals surface area contributed by atoms with Crippen LogP contribution >= 0.6 is 0 Å². The summed E-state index contributed by atoms with van der Waals surface area (Å²) in [4.78, 5) is 22.3. The maximum Gasteiger partial charge on any atom is 0.251 e. The highest BCUT2D eigenvalue weighted by Crippen LogP contribution is 2.15. The van der Waals surface area contributed by atoms with E-state index in [4.69, 9.17) is 4.74 Å². The summed E-state index contributed by atoms with van der Waals surface area (Å²) in [6.45, 7) is 0.316. The molecule has 2 aromatic carbocycles. The number of ether oxygens (including phenoxy) is 1. The average Bonchev–Trinajstić information content (AvgIpc) is 2.54. The van der Waals surface area contributed by atoms with Gasteiger partial charge in [0.05, 0.1) is 6.54 Å². The summed E-state index contributed by atoms with van der Waals surface area (Å²) in [7, 11) is 0. The van der Waals surface area contributed by atoms with E-state index in [2.05, 4.69) is 5.32 Å². The van der Waals surface area contributed by atoms with Crippen molar-refractivity contribution >= 4 is 12.2 Å². The quantitative estimate of drug-likeness (QED) is 0.659. The Bertz CT molecular complexity index is 672. The molecule has 2 aromatic rings. The Morgan fingerprint density at radius 1 is 1.09 bits per heavy atom. The van der Waals surface area contributed by atoms with Crippen molar-refractivity contribution in [2.24, 2.45) is 0 Å². The van der Waals surface area contributed by atoms with E-state index in [1.54, 1.807) is 12.1 Å². The molecule has 0 aromatic heterocycles. The molecular formula is C16H13F2NO3. The summed E-state index contributed by atoms with van der Waals surface area (Å²) in [5.74, 6) is -2.06.